The highest BCUT2D eigenvalue weighted by atomic mass is 35.5. The Bertz CT molecular complexity index is 552. The highest BCUT2D eigenvalue weighted by Gasteiger charge is 2.47. The molecule has 0 bridgehead atoms. The summed E-state index contributed by atoms with van der Waals surface area (Å²) in [5.74, 6) is 0.0522. The smallest absolute Gasteiger partial charge is 0.252 e. The van der Waals surface area contributed by atoms with E-state index in [9.17, 15) is 4.79 Å². The van der Waals surface area contributed by atoms with E-state index >= 15 is 0 Å². The molecule has 1 aliphatic carbocycles. The van der Waals surface area contributed by atoms with Crippen LogP contribution >= 0.6 is 12.4 Å². The Hall–Kier alpha value is -1.10. The average Bonchev–Trinajstić information content (AvgIpc) is 3.34. The Morgan fingerprint density at radius 1 is 1.22 bits per heavy atom. The van der Waals surface area contributed by atoms with E-state index < -0.39 is 5.60 Å². The minimum Gasteiger partial charge on any atom is -0.368 e. The van der Waals surface area contributed by atoms with Crippen LogP contribution in [0.1, 0.15) is 36.8 Å². The molecule has 23 heavy (non-hydrogen) atoms. The van der Waals surface area contributed by atoms with Gasteiger partial charge in [-0.15, -0.1) is 12.4 Å². The summed E-state index contributed by atoms with van der Waals surface area (Å²) in [6.07, 6.45) is 3.79. The van der Waals surface area contributed by atoms with Crippen molar-refractivity contribution in [3.05, 3.63) is 35.4 Å². The second-order valence-corrected chi connectivity index (χ2v) is 6.73. The zero-order chi connectivity index (χ0) is 15.6. The molecule has 0 radical (unpaired) electrons. The molecule has 5 heteroatoms. The highest BCUT2D eigenvalue weighted by molar-refractivity contribution is 5.85. The Balaban J connectivity index is 0.00000192. The van der Waals surface area contributed by atoms with Crippen LogP contribution in [0.25, 0.3) is 0 Å². The summed E-state index contributed by atoms with van der Waals surface area (Å²) in [6.45, 7) is 4.55. The fourth-order valence-electron chi connectivity index (χ4n) is 3.63. The highest BCUT2D eigenvalue weighted by Crippen LogP contribution is 2.48. The maximum Gasteiger partial charge on any atom is 0.252 e. The van der Waals surface area contributed by atoms with Crippen molar-refractivity contribution < 1.29 is 9.53 Å². The molecule has 1 saturated heterocycles. The normalized spacial score (nSPS) is 21.1. The van der Waals surface area contributed by atoms with Crippen molar-refractivity contribution in [1.82, 2.24) is 10.6 Å². The van der Waals surface area contributed by atoms with Gasteiger partial charge in [0.05, 0.1) is 0 Å². The van der Waals surface area contributed by atoms with Crippen molar-refractivity contribution in [2.45, 2.75) is 43.6 Å². The van der Waals surface area contributed by atoms with Gasteiger partial charge in [-0.1, -0.05) is 24.3 Å². The number of aryl methyl sites for hydroxylation is 1. The number of rotatable bonds is 5. The molecule has 0 atom stereocenters. The number of methoxy groups -OCH3 is 1. The molecule has 1 aromatic rings. The molecule has 1 aliphatic heterocycles. The van der Waals surface area contributed by atoms with Gasteiger partial charge in [0.15, 0.2) is 0 Å². The fraction of sp³-hybridized carbons (Fsp3) is 0.611. The van der Waals surface area contributed by atoms with Gasteiger partial charge < -0.3 is 15.4 Å². The zero-order valence-corrected chi connectivity index (χ0v) is 14.8. The molecule has 0 unspecified atom stereocenters. The van der Waals surface area contributed by atoms with Crippen molar-refractivity contribution in [2.24, 2.45) is 0 Å². The number of ether oxygens (including phenoxy) is 1. The minimum atomic E-state index is -0.646. The monoisotopic (exact) mass is 338 g/mol. The molecule has 2 aliphatic rings. The lowest BCUT2D eigenvalue weighted by atomic mass is 9.89. The van der Waals surface area contributed by atoms with Crippen LogP contribution < -0.4 is 10.6 Å². The quantitative estimate of drug-likeness (QED) is 0.866. The first-order valence-corrected chi connectivity index (χ1v) is 8.22. The van der Waals surface area contributed by atoms with Crippen molar-refractivity contribution in [2.75, 3.05) is 26.7 Å². The molecule has 3 rings (SSSR count). The molecular formula is C18H27ClN2O2. The van der Waals surface area contributed by atoms with E-state index in [1.54, 1.807) is 7.11 Å². The predicted octanol–water partition coefficient (Wildman–Crippen LogP) is 2.33. The molecule has 4 nitrogen and oxygen atoms in total. The predicted molar refractivity (Wildman–Crippen MR) is 94.2 cm³/mol. The van der Waals surface area contributed by atoms with Crippen LogP contribution in [0.3, 0.4) is 0 Å². The molecule has 2 N–H and O–H groups in total. The molecule has 1 saturated carbocycles. The van der Waals surface area contributed by atoms with Gasteiger partial charge in [-0.2, -0.15) is 0 Å². The summed E-state index contributed by atoms with van der Waals surface area (Å²) in [7, 11) is 1.65. The second-order valence-electron chi connectivity index (χ2n) is 6.73. The van der Waals surface area contributed by atoms with E-state index in [1.807, 2.05) is 0 Å². The van der Waals surface area contributed by atoms with Gasteiger partial charge in [0.2, 0.25) is 0 Å². The van der Waals surface area contributed by atoms with Gasteiger partial charge in [0, 0.05) is 19.1 Å². The molecule has 1 aromatic carbocycles. The summed E-state index contributed by atoms with van der Waals surface area (Å²) >= 11 is 0. The number of hydrogen-bond donors (Lipinski definition) is 2. The average molecular weight is 339 g/mol. The van der Waals surface area contributed by atoms with Crippen LogP contribution in [0.2, 0.25) is 0 Å². The van der Waals surface area contributed by atoms with Gasteiger partial charge in [0.1, 0.15) is 5.60 Å². The molecule has 0 spiro atoms. The van der Waals surface area contributed by atoms with Gasteiger partial charge in [-0.25, -0.2) is 0 Å². The van der Waals surface area contributed by atoms with Crippen molar-refractivity contribution >= 4 is 18.3 Å². The minimum absolute atomic E-state index is 0. The number of nitrogens with one attached hydrogen (secondary N) is 2. The SMILES string of the molecule is COC1(C(=O)NCC2(c3ccccc3C)CC2)CCNCC1.Cl. The van der Waals surface area contributed by atoms with Gasteiger partial charge in [0.25, 0.3) is 5.91 Å². The molecule has 128 valence electrons. The molecule has 1 heterocycles. The van der Waals surface area contributed by atoms with Crippen LogP contribution in [0, 0.1) is 6.92 Å². The number of halogens is 1. The molecule has 0 aromatic heterocycles. The lowest BCUT2D eigenvalue weighted by molar-refractivity contribution is -0.146. The van der Waals surface area contributed by atoms with Crippen molar-refractivity contribution in [3.63, 3.8) is 0 Å². The van der Waals surface area contributed by atoms with Crippen LogP contribution in [0.4, 0.5) is 0 Å². The third-order valence-corrected chi connectivity index (χ3v) is 5.37. The summed E-state index contributed by atoms with van der Waals surface area (Å²) in [4.78, 5) is 12.7. The summed E-state index contributed by atoms with van der Waals surface area (Å²) in [6, 6.07) is 8.52. The lowest BCUT2D eigenvalue weighted by Gasteiger charge is -2.35. The summed E-state index contributed by atoms with van der Waals surface area (Å²) in [5, 5.41) is 6.47. The van der Waals surface area contributed by atoms with E-state index in [4.69, 9.17) is 4.74 Å². The van der Waals surface area contributed by atoms with Gasteiger partial charge in [-0.3, -0.25) is 4.79 Å². The van der Waals surface area contributed by atoms with E-state index in [-0.39, 0.29) is 23.7 Å². The topological polar surface area (TPSA) is 50.4 Å². The Morgan fingerprint density at radius 3 is 2.43 bits per heavy atom. The molecule has 2 fully saturated rings. The van der Waals surface area contributed by atoms with Crippen molar-refractivity contribution in [3.8, 4) is 0 Å². The number of amides is 1. The van der Waals surface area contributed by atoms with Gasteiger partial charge in [-0.05, 0) is 56.8 Å². The van der Waals surface area contributed by atoms with E-state index in [0.717, 1.165) is 45.3 Å². The fourth-order valence-corrected chi connectivity index (χ4v) is 3.63. The van der Waals surface area contributed by atoms with E-state index in [1.165, 1.54) is 11.1 Å². The number of carbonyl (C=O) groups is 1. The Morgan fingerprint density at radius 2 is 1.87 bits per heavy atom. The number of piperidine rings is 1. The lowest BCUT2D eigenvalue weighted by Crippen LogP contribution is -2.55. The maximum absolute atomic E-state index is 12.7. The zero-order valence-electron chi connectivity index (χ0n) is 14.0. The summed E-state index contributed by atoms with van der Waals surface area (Å²) in [5.41, 5.74) is 2.19. The number of hydrogen-bond acceptors (Lipinski definition) is 3. The van der Waals surface area contributed by atoms with Crippen LogP contribution in [0.15, 0.2) is 24.3 Å². The third kappa shape index (κ3) is 3.54. The second kappa shape index (κ2) is 7.20. The van der Waals surface area contributed by atoms with Gasteiger partial charge >= 0.3 is 0 Å². The molecular weight excluding hydrogens is 312 g/mol. The van der Waals surface area contributed by atoms with E-state index in [2.05, 4.69) is 41.8 Å². The number of carbonyl (C=O) groups excluding carboxylic acids is 1. The third-order valence-electron chi connectivity index (χ3n) is 5.37. The van der Waals surface area contributed by atoms with Crippen LogP contribution in [-0.2, 0) is 14.9 Å². The maximum atomic E-state index is 12.7. The first kappa shape index (κ1) is 18.2. The largest absolute Gasteiger partial charge is 0.368 e. The number of benzene rings is 1. The first-order chi connectivity index (χ1) is 10.6. The van der Waals surface area contributed by atoms with Crippen molar-refractivity contribution in [1.29, 1.82) is 0 Å². The molecule has 1 amide bonds. The summed E-state index contributed by atoms with van der Waals surface area (Å²) < 4.78 is 5.60. The van der Waals surface area contributed by atoms with Crippen LogP contribution in [-0.4, -0.2) is 38.3 Å². The Kier molecular flexibility index (Phi) is 5.71. The standard InChI is InChI=1S/C18H26N2O2.ClH/c1-14-5-3-4-6-15(14)17(7-8-17)13-20-16(21)18(22-2)9-11-19-12-10-18;/h3-6,19H,7-13H2,1-2H3,(H,20,21);1H. The first-order valence-electron chi connectivity index (χ1n) is 8.22. The van der Waals surface area contributed by atoms with Crippen LogP contribution in [0.5, 0.6) is 0 Å². The Labute approximate surface area is 144 Å². The van der Waals surface area contributed by atoms with E-state index in [0.29, 0.717) is 0 Å².